The molecule has 20 heavy (non-hydrogen) atoms. The van der Waals surface area contributed by atoms with Gasteiger partial charge < -0.3 is 10.3 Å². The van der Waals surface area contributed by atoms with E-state index in [1.807, 2.05) is 25.1 Å². The van der Waals surface area contributed by atoms with Gasteiger partial charge in [0, 0.05) is 11.6 Å². The molecule has 1 aliphatic rings. The summed E-state index contributed by atoms with van der Waals surface area (Å²) >= 11 is 0. The Balaban J connectivity index is 1.87. The molecule has 0 aliphatic heterocycles. The predicted molar refractivity (Wildman–Crippen MR) is 79.3 cm³/mol. The van der Waals surface area contributed by atoms with Gasteiger partial charge in [0.15, 0.2) is 5.82 Å². The Bertz CT molecular complexity index is 583. The Kier molecular flexibility index (Phi) is 3.72. The predicted octanol–water partition coefficient (Wildman–Crippen LogP) is 4.07. The topological polar surface area (TPSA) is 64.9 Å². The van der Waals surface area contributed by atoms with E-state index in [-0.39, 0.29) is 0 Å². The van der Waals surface area contributed by atoms with Crippen molar-refractivity contribution in [1.29, 1.82) is 0 Å². The Morgan fingerprint density at radius 1 is 1.15 bits per heavy atom. The maximum absolute atomic E-state index is 6.01. The molecule has 1 aromatic heterocycles. The fraction of sp³-hybridized carbons (Fsp3) is 0.500. The summed E-state index contributed by atoms with van der Waals surface area (Å²) in [7, 11) is 0. The molecule has 3 rings (SSSR count). The number of nitrogens with two attached hydrogens (primary N) is 1. The number of nitrogens with zero attached hydrogens (tertiary/aromatic N) is 2. The molecule has 1 aliphatic carbocycles. The van der Waals surface area contributed by atoms with Crippen LogP contribution in [0.15, 0.2) is 22.7 Å². The first-order valence-electron chi connectivity index (χ1n) is 7.44. The van der Waals surface area contributed by atoms with Crippen LogP contribution in [0.2, 0.25) is 0 Å². The molecule has 1 saturated carbocycles. The molecule has 2 aromatic rings. The number of anilines is 1. The fourth-order valence-electron chi connectivity index (χ4n) is 2.90. The molecule has 1 aromatic carbocycles. The third-order valence-electron chi connectivity index (χ3n) is 4.10. The summed E-state index contributed by atoms with van der Waals surface area (Å²) in [6.45, 7) is 2.03. The van der Waals surface area contributed by atoms with Crippen molar-refractivity contribution in [2.75, 3.05) is 5.73 Å². The molecular weight excluding hydrogens is 250 g/mol. The van der Waals surface area contributed by atoms with Crippen LogP contribution in [0.5, 0.6) is 0 Å². The lowest BCUT2D eigenvalue weighted by atomic mass is 10.00. The van der Waals surface area contributed by atoms with E-state index in [0.717, 1.165) is 17.0 Å². The molecule has 1 heterocycles. The van der Waals surface area contributed by atoms with Gasteiger partial charge in [0.25, 0.3) is 5.89 Å². The summed E-state index contributed by atoms with van der Waals surface area (Å²) in [5.41, 5.74) is 8.68. The lowest BCUT2D eigenvalue weighted by Crippen LogP contribution is -1.99. The number of aromatic nitrogens is 2. The Morgan fingerprint density at radius 2 is 1.90 bits per heavy atom. The second-order valence-electron chi connectivity index (χ2n) is 5.74. The van der Waals surface area contributed by atoms with Crippen molar-refractivity contribution in [3.05, 3.63) is 29.6 Å². The molecule has 0 radical (unpaired) electrons. The third-order valence-corrected chi connectivity index (χ3v) is 4.10. The average molecular weight is 271 g/mol. The summed E-state index contributed by atoms with van der Waals surface area (Å²) in [5, 5.41) is 4.19. The molecule has 4 nitrogen and oxygen atoms in total. The Labute approximate surface area is 119 Å². The highest BCUT2D eigenvalue weighted by Crippen LogP contribution is 2.32. The standard InChI is InChI=1S/C16H21N3O/c1-11-8-9-14(17)13(10-11)16-18-15(19-20-16)12-6-4-2-3-5-7-12/h8-10,12H,2-7,17H2,1H3. The van der Waals surface area contributed by atoms with Gasteiger partial charge in [-0.05, 0) is 31.9 Å². The van der Waals surface area contributed by atoms with Crippen LogP contribution in [0.25, 0.3) is 11.5 Å². The van der Waals surface area contributed by atoms with Gasteiger partial charge in [-0.2, -0.15) is 4.98 Å². The quantitative estimate of drug-likeness (QED) is 0.660. The van der Waals surface area contributed by atoms with E-state index in [1.165, 1.54) is 38.5 Å². The summed E-state index contributed by atoms with van der Waals surface area (Å²) in [6, 6.07) is 5.88. The van der Waals surface area contributed by atoms with Crippen molar-refractivity contribution < 1.29 is 4.52 Å². The SMILES string of the molecule is Cc1ccc(N)c(-c2nc(C3CCCCCC3)no2)c1. The Morgan fingerprint density at radius 3 is 2.65 bits per heavy atom. The van der Waals surface area contributed by atoms with E-state index in [9.17, 15) is 0 Å². The van der Waals surface area contributed by atoms with E-state index < -0.39 is 0 Å². The van der Waals surface area contributed by atoms with Crippen molar-refractivity contribution in [2.45, 2.75) is 51.4 Å². The van der Waals surface area contributed by atoms with Crippen LogP contribution >= 0.6 is 0 Å². The van der Waals surface area contributed by atoms with Gasteiger partial charge in [-0.25, -0.2) is 0 Å². The molecule has 0 amide bonds. The number of hydrogen-bond donors (Lipinski definition) is 1. The zero-order chi connectivity index (χ0) is 13.9. The van der Waals surface area contributed by atoms with Crippen LogP contribution in [-0.2, 0) is 0 Å². The highest BCUT2D eigenvalue weighted by atomic mass is 16.5. The molecule has 2 N–H and O–H groups in total. The minimum atomic E-state index is 0.445. The average Bonchev–Trinajstić information content (AvgIpc) is 2.77. The molecule has 0 atom stereocenters. The van der Waals surface area contributed by atoms with E-state index in [4.69, 9.17) is 10.3 Å². The zero-order valence-electron chi connectivity index (χ0n) is 11.9. The minimum absolute atomic E-state index is 0.445. The molecule has 106 valence electrons. The maximum Gasteiger partial charge on any atom is 0.260 e. The first kappa shape index (κ1) is 13.2. The van der Waals surface area contributed by atoms with E-state index >= 15 is 0 Å². The van der Waals surface area contributed by atoms with Gasteiger partial charge in [0.1, 0.15) is 0 Å². The second-order valence-corrected chi connectivity index (χ2v) is 5.74. The summed E-state index contributed by atoms with van der Waals surface area (Å²) in [6.07, 6.45) is 7.52. The van der Waals surface area contributed by atoms with Gasteiger partial charge in [-0.1, -0.05) is 42.5 Å². The van der Waals surface area contributed by atoms with Crippen LogP contribution in [0.4, 0.5) is 5.69 Å². The van der Waals surface area contributed by atoms with Crippen LogP contribution in [0, 0.1) is 6.92 Å². The number of benzene rings is 1. The summed E-state index contributed by atoms with van der Waals surface area (Å²) < 4.78 is 5.44. The van der Waals surface area contributed by atoms with Crippen molar-refractivity contribution >= 4 is 5.69 Å². The number of nitrogen functional groups attached to an aromatic ring is 1. The lowest BCUT2D eigenvalue weighted by molar-refractivity contribution is 0.410. The number of aryl methyl sites for hydroxylation is 1. The molecule has 0 spiro atoms. The molecule has 0 bridgehead atoms. The summed E-state index contributed by atoms with van der Waals surface area (Å²) in [5.74, 6) is 1.84. The highest BCUT2D eigenvalue weighted by molar-refractivity contribution is 5.70. The molecule has 0 saturated heterocycles. The normalized spacial score (nSPS) is 17.1. The number of hydrogen-bond acceptors (Lipinski definition) is 4. The fourth-order valence-corrected chi connectivity index (χ4v) is 2.90. The maximum atomic E-state index is 6.01. The van der Waals surface area contributed by atoms with Crippen molar-refractivity contribution in [3.63, 3.8) is 0 Å². The van der Waals surface area contributed by atoms with Gasteiger partial charge in [0.05, 0.1) is 5.56 Å². The van der Waals surface area contributed by atoms with E-state index in [1.54, 1.807) is 0 Å². The summed E-state index contributed by atoms with van der Waals surface area (Å²) in [4.78, 5) is 4.59. The van der Waals surface area contributed by atoms with Crippen molar-refractivity contribution in [1.82, 2.24) is 10.1 Å². The zero-order valence-corrected chi connectivity index (χ0v) is 11.9. The van der Waals surface area contributed by atoms with Crippen LogP contribution in [0.1, 0.15) is 55.8 Å². The first-order valence-corrected chi connectivity index (χ1v) is 7.44. The van der Waals surface area contributed by atoms with E-state index in [0.29, 0.717) is 17.5 Å². The smallest absolute Gasteiger partial charge is 0.260 e. The number of rotatable bonds is 2. The molecular formula is C16H21N3O. The molecule has 0 unspecified atom stereocenters. The monoisotopic (exact) mass is 271 g/mol. The van der Waals surface area contributed by atoms with Gasteiger partial charge in [-0.3, -0.25) is 0 Å². The third kappa shape index (κ3) is 2.69. The van der Waals surface area contributed by atoms with Crippen molar-refractivity contribution in [2.24, 2.45) is 0 Å². The van der Waals surface area contributed by atoms with E-state index in [2.05, 4.69) is 10.1 Å². The minimum Gasteiger partial charge on any atom is -0.398 e. The van der Waals surface area contributed by atoms with Crippen LogP contribution < -0.4 is 5.73 Å². The largest absolute Gasteiger partial charge is 0.398 e. The van der Waals surface area contributed by atoms with Crippen LogP contribution in [-0.4, -0.2) is 10.1 Å². The van der Waals surface area contributed by atoms with Gasteiger partial charge >= 0.3 is 0 Å². The van der Waals surface area contributed by atoms with Gasteiger partial charge in [0.2, 0.25) is 0 Å². The molecule has 4 heteroatoms. The second kappa shape index (κ2) is 5.65. The van der Waals surface area contributed by atoms with Crippen molar-refractivity contribution in [3.8, 4) is 11.5 Å². The lowest BCUT2D eigenvalue weighted by Gasteiger charge is -2.07. The first-order chi connectivity index (χ1) is 9.74. The molecule has 1 fully saturated rings. The highest BCUT2D eigenvalue weighted by Gasteiger charge is 2.21. The van der Waals surface area contributed by atoms with Gasteiger partial charge in [-0.15, -0.1) is 0 Å². The van der Waals surface area contributed by atoms with Crippen LogP contribution in [0.3, 0.4) is 0 Å². The Hall–Kier alpha value is -1.84.